The van der Waals surface area contributed by atoms with Gasteiger partial charge in [0.2, 0.25) is 0 Å². The van der Waals surface area contributed by atoms with Crippen molar-refractivity contribution in [1.29, 1.82) is 0 Å². The maximum Gasteiger partial charge on any atom is 0.260 e. The number of Topliss-reactive ketones (excluding diaryl/α,β-unsaturated/α-hetero) is 1. The summed E-state index contributed by atoms with van der Waals surface area (Å²) in [5, 5.41) is 16.3. The summed E-state index contributed by atoms with van der Waals surface area (Å²) in [6, 6.07) is 46.0. The van der Waals surface area contributed by atoms with Crippen LogP contribution < -0.4 is 60.5 Å². The van der Waals surface area contributed by atoms with E-state index < -0.39 is 5.41 Å². The van der Waals surface area contributed by atoms with E-state index in [-0.39, 0.29) is 35.8 Å². The summed E-state index contributed by atoms with van der Waals surface area (Å²) in [6.45, 7) is 33.7. The molecule has 18 rings (SSSR count). The molecule has 30 heteroatoms. The Kier molecular flexibility index (Phi) is 30.4. The first kappa shape index (κ1) is 92.7. The van der Waals surface area contributed by atoms with Crippen molar-refractivity contribution < 1.29 is 28.5 Å². The van der Waals surface area contributed by atoms with Crippen molar-refractivity contribution in [2.24, 2.45) is 5.41 Å². The minimum Gasteiger partial charge on any atom is -0.366 e. The lowest BCUT2D eigenvalue weighted by atomic mass is 9.88. The van der Waals surface area contributed by atoms with Crippen molar-refractivity contribution in [3.63, 3.8) is 0 Å². The number of aromatic nitrogens is 12. The van der Waals surface area contributed by atoms with E-state index in [9.17, 15) is 24.0 Å². The Bertz CT molecular complexity index is 6060. The molecule has 133 heavy (non-hydrogen) atoms. The van der Waals surface area contributed by atoms with Crippen LogP contribution in [0.1, 0.15) is 174 Å². The van der Waals surface area contributed by atoms with Gasteiger partial charge in [-0.05, 0) is 150 Å². The maximum absolute atomic E-state index is 13.3. The van der Waals surface area contributed by atoms with Crippen LogP contribution in [0.2, 0.25) is 0 Å². The SMILES string of the molecule is CC(C)c1ccc(NC(=O)c2cccnc2C2CC2)c(N2CCN(c3cnccn3)CC2)c1.CC(C)c1ccc(NC(=O)c2ccnc(CC(=O)C(C)(C)C)c2)c(N2CCN(c3cnccn3)CC2)c1.Cc1nocc1C(=O)Nc1ccc(C(C)C)cc1N1CCN(c2cnccn2)CC1.O=C(Nc1ccc(-c2ccccc2)cc1N1CCN(c2cnccn2)CC1)c1cccnc1. The smallest absolute Gasteiger partial charge is 0.260 e. The van der Waals surface area contributed by atoms with Crippen LogP contribution in [0.25, 0.3) is 11.1 Å². The Morgan fingerprint density at radius 3 is 1.14 bits per heavy atom. The predicted molar refractivity (Wildman–Crippen MR) is 525 cm³/mol. The monoisotopic (exact) mass is 1780 g/mol. The number of pyridine rings is 3. The molecular weight excluding hydrogens is 1670 g/mol. The van der Waals surface area contributed by atoms with Gasteiger partial charge in [0.15, 0.2) is 0 Å². The fourth-order valence-corrected chi connectivity index (χ4v) is 16.3. The summed E-state index contributed by atoms with van der Waals surface area (Å²) in [4.78, 5) is 130. The average Bonchev–Trinajstić information content (AvgIpc) is 1.76. The van der Waals surface area contributed by atoms with Crippen LogP contribution in [0, 0.1) is 12.3 Å². The molecule has 5 fully saturated rings. The van der Waals surface area contributed by atoms with Crippen molar-refractivity contribution in [2.45, 2.75) is 112 Å². The third-order valence-corrected chi connectivity index (χ3v) is 24.4. The third kappa shape index (κ3) is 24.2. The van der Waals surface area contributed by atoms with Gasteiger partial charge in [0.1, 0.15) is 40.9 Å². The number of amides is 4. The largest absolute Gasteiger partial charge is 0.366 e. The minimum atomic E-state index is -0.454. The number of benzene rings is 5. The van der Waals surface area contributed by atoms with Gasteiger partial charge in [-0.2, -0.15) is 0 Å². The van der Waals surface area contributed by atoms with Crippen molar-refractivity contribution in [1.82, 2.24) is 60.0 Å². The molecule has 0 unspecified atom stereocenters. The lowest BCUT2D eigenvalue weighted by Gasteiger charge is -2.37. The zero-order valence-electron chi connectivity index (χ0n) is 77.2. The second-order valence-corrected chi connectivity index (χ2v) is 35.5. The molecule has 0 radical (unpaired) electrons. The zero-order valence-corrected chi connectivity index (χ0v) is 77.2. The lowest BCUT2D eigenvalue weighted by molar-refractivity contribution is -0.125. The Balaban J connectivity index is 0.000000136. The topological polar surface area (TPSA) is 327 Å². The number of piperazine rings is 4. The Morgan fingerprint density at radius 1 is 0.361 bits per heavy atom. The molecular formula is C103H116N24O6. The van der Waals surface area contributed by atoms with Gasteiger partial charge >= 0.3 is 0 Å². The molecule has 4 amide bonds. The summed E-state index contributed by atoms with van der Waals surface area (Å²) in [5.41, 5.74) is 17.1. The molecule has 684 valence electrons. The van der Waals surface area contributed by atoms with Crippen LogP contribution in [-0.2, 0) is 11.2 Å². The molecule has 12 heterocycles. The number of hydrogen-bond acceptors (Lipinski definition) is 26. The van der Waals surface area contributed by atoms with E-state index in [2.05, 4.69) is 217 Å². The zero-order chi connectivity index (χ0) is 92.9. The Labute approximate surface area is 777 Å². The summed E-state index contributed by atoms with van der Waals surface area (Å²) in [5.74, 6) is 4.57. The van der Waals surface area contributed by atoms with Crippen molar-refractivity contribution in [3.8, 4) is 11.1 Å². The first-order valence-corrected chi connectivity index (χ1v) is 45.7. The van der Waals surface area contributed by atoms with Crippen molar-refractivity contribution >= 4 is 98.2 Å². The van der Waals surface area contributed by atoms with Crippen LogP contribution in [0.4, 0.5) is 68.8 Å². The summed E-state index contributed by atoms with van der Waals surface area (Å²) >= 11 is 0. The number of hydrogen-bond donors (Lipinski definition) is 4. The standard InChI is InChI=1S/C29H36N6O2.C26H30N6O.C26H24N6O.C22H26N6O2/c1-20(2)21-6-7-24(25(17-21)34-12-14-35(15-13-34)27-19-30-10-11-32-27)33-28(37)22-8-9-31-23(16-22)18-26(36)29(3,4)5;1-18(2)20-7-8-22(30-26(33)21-4-3-9-29-25(21)19-5-6-19)23(16-20)31-12-14-32(15-13-31)24-17-27-10-11-28-24;33-26(22-7-4-10-27-18-22)30-23-9-8-21(20-5-2-1-3-6-20)17-24(23)31-13-15-32(16-14-31)25-19-28-11-12-29-25;1-15(2)17-4-5-19(25-22(29)18-14-30-26-16(18)3)20(12-17)27-8-10-28(11-9-27)21-13-23-6-7-24-21/h6-11,16-17,19-20H,12-15,18H2,1-5H3,(H,33,37);3-4,7-11,16-19H,5-6,12-15H2,1-2H3,(H,30,33);1-12,17-19H,13-16H2,(H,30,33);4-7,12-15H,8-11H2,1-3H3,(H,25,29). The van der Waals surface area contributed by atoms with Crippen LogP contribution in [0.5, 0.6) is 0 Å². The van der Waals surface area contributed by atoms with E-state index in [1.54, 1.807) is 124 Å². The predicted octanol–water partition coefficient (Wildman–Crippen LogP) is 16.8. The van der Waals surface area contributed by atoms with Gasteiger partial charge in [-0.15, -0.1) is 0 Å². The molecule has 13 aromatic rings. The molecule has 4 aliphatic heterocycles. The first-order chi connectivity index (χ1) is 64.5. The van der Waals surface area contributed by atoms with E-state index in [4.69, 9.17) is 4.52 Å². The van der Waals surface area contributed by atoms with Crippen molar-refractivity contribution in [3.05, 3.63) is 301 Å². The number of carbonyl (C=O) groups excluding carboxylic acids is 5. The lowest BCUT2D eigenvalue weighted by Crippen LogP contribution is -2.47. The third-order valence-electron chi connectivity index (χ3n) is 24.4. The highest BCUT2D eigenvalue weighted by atomic mass is 16.5. The molecule has 1 saturated carbocycles. The molecule has 0 atom stereocenters. The summed E-state index contributed by atoms with van der Waals surface area (Å²) < 4.78 is 4.92. The van der Waals surface area contributed by atoms with Gasteiger partial charge in [0.25, 0.3) is 23.6 Å². The Morgan fingerprint density at radius 2 is 0.752 bits per heavy atom. The number of ketones is 1. The van der Waals surface area contributed by atoms with E-state index in [1.807, 2.05) is 87.6 Å². The molecule has 30 nitrogen and oxygen atoms in total. The van der Waals surface area contributed by atoms with Gasteiger partial charge in [-0.1, -0.05) is 122 Å². The van der Waals surface area contributed by atoms with E-state index in [0.29, 0.717) is 57.3 Å². The van der Waals surface area contributed by atoms with Crippen LogP contribution in [-0.4, -0.2) is 194 Å². The fourth-order valence-electron chi connectivity index (χ4n) is 16.3. The highest BCUT2D eigenvalue weighted by molar-refractivity contribution is 6.09. The minimum absolute atomic E-state index is 0.0817. The molecule has 4 N–H and O–H groups in total. The first-order valence-electron chi connectivity index (χ1n) is 45.7. The molecule has 0 spiro atoms. The van der Waals surface area contributed by atoms with Crippen molar-refractivity contribution in [2.75, 3.05) is 165 Å². The number of carbonyl (C=O) groups is 5. The van der Waals surface area contributed by atoms with E-state index in [0.717, 1.165) is 203 Å². The molecule has 8 aromatic heterocycles. The molecule has 1 aliphatic carbocycles. The molecule has 0 bridgehead atoms. The van der Waals surface area contributed by atoms with Crippen LogP contribution >= 0.6 is 0 Å². The highest BCUT2D eigenvalue weighted by Crippen LogP contribution is 2.42. The number of rotatable bonds is 23. The van der Waals surface area contributed by atoms with Gasteiger partial charge in [-0.25, -0.2) is 19.9 Å². The summed E-state index contributed by atoms with van der Waals surface area (Å²) in [7, 11) is 0. The van der Waals surface area contributed by atoms with Crippen LogP contribution in [0.15, 0.2) is 249 Å². The van der Waals surface area contributed by atoms with Gasteiger partial charge in [0, 0.05) is 208 Å². The quantitative estimate of drug-likeness (QED) is 0.0462. The van der Waals surface area contributed by atoms with Gasteiger partial charge in [0.05, 0.1) is 92.8 Å². The molecule has 5 aromatic carbocycles. The summed E-state index contributed by atoms with van der Waals surface area (Å²) in [6.07, 6.45) is 31.2. The average molecular weight is 1790 g/mol. The second-order valence-electron chi connectivity index (χ2n) is 35.5. The number of nitrogens with zero attached hydrogens (tertiary/aromatic N) is 20. The van der Waals surface area contributed by atoms with E-state index >= 15 is 0 Å². The van der Waals surface area contributed by atoms with Crippen LogP contribution in [0.3, 0.4) is 0 Å². The molecule has 5 aliphatic rings. The number of aryl methyl sites for hydroxylation is 1. The normalized spacial score (nSPS) is 14.5. The number of nitrogens with one attached hydrogen (secondary N) is 4. The van der Waals surface area contributed by atoms with Gasteiger partial charge < -0.3 is 65.0 Å². The van der Waals surface area contributed by atoms with E-state index in [1.165, 1.54) is 23.0 Å². The fraction of sp³-hybridized carbons (Fsp3) is 0.330. The second kappa shape index (κ2) is 43.6. The molecule has 4 saturated heterocycles. The van der Waals surface area contributed by atoms with Gasteiger partial charge in [-0.3, -0.25) is 58.9 Å². The highest BCUT2D eigenvalue weighted by Gasteiger charge is 2.33. The number of anilines is 12. The Hall–Kier alpha value is -15.0. The maximum atomic E-state index is 13.3.